The number of aryl methyl sites for hydroxylation is 1. The molecule has 2 aromatic carbocycles. The summed E-state index contributed by atoms with van der Waals surface area (Å²) in [4.78, 5) is 26.3. The Labute approximate surface area is 192 Å². The molecule has 2 aromatic rings. The summed E-state index contributed by atoms with van der Waals surface area (Å²) in [7, 11) is 0. The second kappa shape index (κ2) is 10.6. The van der Waals surface area contributed by atoms with E-state index in [2.05, 4.69) is 0 Å². The first-order chi connectivity index (χ1) is 14.9. The molecule has 3 rings (SSSR count). The molecule has 7 heteroatoms. The van der Waals surface area contributed by atoms with Crippen LogP contribution in [0, 0.1) is 6.92 Å². The van der Waals surface area contributed by atoms with Crippen LogP contribution >= 0.6 is 24.0 Å². The van der Waals surface area contributed by atoms with E-state index in [0.29, 0.717) is 30.1 Å². The number of benzene rings is 2. The number of amides is 1. The molecule has 5 nitrogen and oxygen atoms in total. The molecule has 162 valence electrons. The largest absolute Gasteiger partial charge is 0.489 e. The van der Waals surface area contributed by atoms with Crippen LogP contribution in [0.15, 0.2) is 53.4 Å². The SMILES string of the molecule is CCCCC(C(=O)O)N1C(=O)/C(=C/c2cccc(OCc3ccc(C)cc3)c2)SC1=S. The van der Waals surface area contributed by atoms with Crippen molar-refractivity contribution < 1.29 is 19.4 Å². The molecular formula is C24H25NO4S2. The van der Waals surface area contributed by atoms with E-state index in [1.165, 1.54) is 10.5 Å². The number of carbonyl (C=O) groups excluding carboxylic acids is 1. The van der Waals surface area contributed by atoms with Gasteiger partial charge in [-0.05, 0) is 42.7 Å². The van der Waals surface area contributed by atoms with Crippen molar-refractivity contribution in [2.24, 2.45) is 0 Å². The molecule has 1 heterocycles. The summed E-state index contributed by atoms with van der Waals surface area (Å²) in [5.41, 5.74) is 3.06. The standard InChI is InChI=1S/C24H25NO4S2/c1-3-4-8-20(23(27)28)25-22(26)21(31-24(25)30)14-18-6-5-7-19(13-18)29-15-17-11-9-16(2)10-12-17/h5-7,9-14,20H,3-4,8,15H2,1-2H3,(H,27,28)/b21-14-. The van der Waals surface area contributed by atoms with Gasteiger partial charge in [0.05, 0.1) is 4.91 Å². The minimum atomic E-state index is -1.03. The number of nitrogens with zero attached hydrogens (tertiary/aromatic N) is 1. The van der Waals surface area contributed by atoms with Gasteiger partial charge in [-0.2, -0.15) is 0 Å². The smallest absolute Gasteiger partial charge is 0.326 e. The molecule has 1 amide bonds. The lowest BCUT2D eigenvalue weighted by molar-refractivity contribution is -0.145. The number of unbranched alkanes of at least 4 members (excludes halogenated alkanes) is 1. The lowest BCUT2D eigenvalue weighted by Gasteiger charge is -2.22. The Morgan fingerprint density at radius 3 is 2.68 bits per heavy atom. The molecule has 1 atom stereocenters. The number of carboxylic acids is 1. The molecule has 0 saturated carbocycles. The van der Waals surface area contributed by atoms with Crippen molar-refractivity contribution in [3.63, 3.8) is 0 Å². The summed E-state index contributed by atoms with van der Waals surface area (Å²) < 4.78 is 6.17. The zero-order chi connectivity index (χ0) is 22.4. The van der Waals surface area contributed by atoms with Crippen LogP contribution in [-0.2, 0) is 16.2 Å². The molecule has 0 spiro atoms. The zero-order valence-electron chi connectivity index (χ0n) is 17.5. The maximum atomic E-state index is 12.9. The molecule has 1 aliphatic rings. The molecule has 0 aromatic heterocycles. The summed E-state index contributed by atoms with van der Waals surface area (Å²) in [5.74, 6) is -0.696. The van der Waals surface area contributed by atoms with Gasteiger partial charge in [0.25, 0.3) is 5.91 Å². The van der Waals surface area contributed by atoms with Gasteiger partial charge in [0.2, 0.25) is 0 Å². The van der Waals surface area contributed by atoms with E-state index in [-0.39, 0.29) is 10.2 Å². The summed E-state index contributed by atoms with van der Waals surface area (Å²) in [6.45, 7) is 4.47. The zero-order valence-corrected chi connectivity index (χ0v) is 19.2. The van der Waals surface area contributed by atoms with Crippen LogP contribution in [0.2, 0.25) is 0 Å². The van der Waals surface area contributed by atoms with Crippen LogP contribution in [-0.4, -0.2) is 32.2 Å². The van der Waals surface area contributed by atoms with Gasteiger partial charge in [-0.15, -0.1) is 0 Å². The van der Waals surface area contributed by atoms with Crippen LogP contribution in [0.5, 0.6) is 5.75 Å². The van der Waals surface area contributed by atoms with E-state index in [0.717, 1.165) is 29.3 Å². The number of ether oxygens (including phenoxy) is 1. The Bertz CT molecular complexity index is 1000. The first-order valence-electron chi connectivity index (χ1n) is 10.2. The van der Waals surface area contributed by atoms with Gasteiger partial charge in [0, 0.05) is 0 Å². The van der Waals surface area contributed by atoms with Crippen LogP contribution < -0.4 is 4.74 Å². The Balaban J connectivity index is 1.73. The number of hydrogen-bond donors (Lipinski definition) is 1. The van der Waals surface area contributed by atoms with E-state index in [4.69, 9.17) is 17.0 Å². The van der Waals surface area contributed by atoms with Crippen LogP contribution in [0.1, 0.15) is 42.9 Å². The van der Waals surface area contributed by atoms with Crippen LogP contribution in [0.25, 0.3) is 6.08 Å². The molecule has 31 heavy (non-hydrogen) atoms. The monoisotopic (exact) mass is 455 g/mol. The van der Waals surface area contributed by atoms with Gasteiger partial charge >= 0.3 is 5.97 Å². The van der Waals surface area contributed by atoms with Crippen molar-refractivity contribution in [1.29, 1.82) is 0 Å². The highest BCUT2D eigenvalue weighted by molar-refractivity contribution is 8.26. The Kier molecular flexibility index (Phi) is 7.87. The van der Waals surface area contributed by atoms with Crippen molar-refractivity contribution in [2.75, 3.05) is 0 Å². The summed E-state index contributed by atoms with van der Waals surface area (Å²) >= 11 is 6.46. The predicted octanol–water partition coefficient (Wildman–Crippen LogP) is 5.42. The molecule has 1 N–H and O–H groups in total. The fraction of sp³-hybridized carbons (Fsp3) is 0.292. The fourth-order valence-corrected chi connectivity index (χ4v) is 4.56. The summed E-state index contributed by atoms with van der Waals surface area (Å²) in [5, 5.41) is 9.58. The van der Waals surface area contributed by atoms with Crippen molar-refractivity contribution in [1.82, 2.24) is 4.90 Å². The lowest BCUT2D eigenvalue weighted by Crippen LogP contribution is -2.43. The molecular weight excluding hydrogens is 430 g/mol. The molecule has 0 radical (unpaired) electrons. The molecule has 1 fully saturated rings. The van der Waals surface area contributed by atoms with Gasteiger partial charge in [0.1, 0.15) is 22.7 Å². The highest BCUT2D eigenvalue weighted by Gasteiger charge is 2.40. The molecule has 1 aliphatic heterocycles. The second-order valence-corrected chi connectivity index (χ2v) is 9.07. The summed E-state index contributed by atoms with van der Waals surface area (Å²) in [6, 6.07) is 14.7. The Hall–Kier alpha value is -2.64. The topological polar surface area (TPSA) is 66.8 Å². The average molecular weight is 456 g/mol. The van der Waals surface area contributed by atoms with Crippen molar-refractivity contribution >= 4 is 46.3 Å². The van der Waals surface area contributed by atoms with Crippen LogP contribution in [0.4, 0.5) is 0 Å². The third kappa shape index (κ3) is 5.95. The second-order valence-electron chi connectivity index (χ2n) is 7.39. The maximum Gasteiger partial charge on any atom is 0.326 e. The van der Waals surface area contributed by atoms with Crippen molar-refractivity contribution in [3.8, 4) is 5.75 Å². The Morgan fingerprint density at radius 2 is 2.00 bits per heavy atom. The molecule has 0 bridgehead atoms. The van der Waals surface area contributed by atoms with Gasteiger partial charge in [-0.25, -0.2) is 4.79 Å². The molecule has 0 aliphatic carbocycles. The van der Waals surface area contributed by atoms with Gasteiger partial charge in [0.15, 0.2) is 0 Å². The van der Waals surface area contributed by atoms with Crippen molar-refractivity contribution in [2.45, 2.75) is 45.8 Å². The Morgan fingerprint density at radius 1 is 1.26 bits per heavy atom. The quantitative estimate of drug-likeness (QED) is 0.402. The predicted molar refractivity (Wildman–Crippen MR) is 128 cm³/mol. The minimum absolute atomic E-state index is 0.284. The number of carboxylic acid groups (broad SMARTS) is 1. The van der Waals surface area contributed by atoms with Gasteiger partial charge in [-0.1, -0.05) is 85.7 Å². The van der Waals surface area contributed by atoms with Gasteiger partial charge < -0.3 is 9.84 Å². The van der Waals surface area contributed by atoms with E-state index in [1.807, 2.05) is 62.4 Å². The normalized spacial score (nSPS) is 16.1. The lowest BCUT2D eigenvalue weighted by atomic mass is 10.1. The van der Waals surface area contributed by atoms with Crippen molar-refractivity contribution in [3.05, 3.63) is 70.1 Å². The number of thiocarbonyl (C=S) groups is 1. The van der Waals surface area contributed by atoms with Gasteiger partial charge in [-0.3, -0.25) is 9.69 Å². The first kappa shape index (κ1) is 23.0. The molecule has 1 unspecified atom stereocenters. The number of carbonyl (C=O) groups is 2. The number of hydrogen-bond acceptors (Lipinski definition) is 5. The first-order valence-corrected chi connectivity index (χ1v) is 11.4. The van der Waals surface area contributed by atoms with E-state index in [9.17, 15) is 14.7 Å². The number of thioether (sulfide) groups is 1. The third-order valence-electron chi connectivity index (χ3n) is 4.93. The third-order valence-corrected chi connectivity index (χ3v) is 6.26. The van der Waals surface area contributed by atoms with E-state index in [1.54, 1.807) is 6.08 Å². The number of rotatable bonds is 9. The fourth-order valence-electron chi connectivity index (χ4n) is 3.21. The molecule has 1 saturated heterocycles. The maximum absolute atomic E-state index is 12.9. The number of aliphatic carboxylic acids is 1. The highest BCUT2D eigenvalue weighted by atomic mass is 32.2. The van der Waals surface area contributed by atoms with Crippen LogP contribution in [0.3, 0.4) is 0 Å². The summed E-state index contributed by atoms with van der Waals surface area (Å²) in [6.07, 6.45) is 3.68. The minimum Gasteiger partial charge on any atom is -0.489 e. The van der Waals surface area contributed by atoms with E-state index >= 15 is 0 Å². The highest BCUT2D eigenvalue weighted by Crippen LogP contribution is 2.35. The van der Waals surface area contributed by atoms with E-state index < -0.39 is 12.0 Å². The average Bonchev–Trinajstić information content (AvgIpc) is 3.01.